The fraction of sp³-hybridized carbons (Fsp3) is 0.538. The van der Waals surface area contributed by atoms with Crippen molar-refractivity contribution in [3.63, 3.8) is 0 Å². The summed E-state index contributed by atoms with van der Waals surface area (Å²) in [5.74, 6) is 1.18. The molecule has 1 N–H and O–H groups in total. The van der Waals surface area contributed by atoms with Gasteiger partial charge in [-0.15, -0.1) is 0 Å². The molecule has 0 amide bonds. The van der Waals surface area contributed by atoms with Gasteiger partial charge in [0.25, 0.3) is 0 Å². The number of nitrogens with zero attached hydrogens (tertiary/aromatic N) is 2. The number of halogens is 1. The van der Waals surface area contributed by atoms with Crippen LogP contribution in [-0.2, 0) is 0 Å². The molecule has 0 spiro atoms. The molecular weight excluding hydrogens is 294 g/mol. The van der Waals surface area contributed by atoms with Crippen LogP contribution in [0.4, 0.5) is 5.95 Å². The number of ether oxygens (including phenoxy) is 1. The molecule has 0 saturated heterocycles. The number of rotatable bonds is 5. The molecule has 2 rings (SSSR count). The maximum Gasteiger partial charge on any atom is 0.232 e. The lowest BCUT2D eigenvalue weighted by molar-refractivity contribution is 0.394. The van der Waals surface area contributed by atoms with Crippen LogP contribution in [0, 0.1) is 0 Å². The molecule has 4 nitrogen and oxygen atoms in total. The molecule has 0 aromatic carbocycles. The summed E-state index contributed by atoms with van der Waals surface area (Å²) in [7, 11) is 1.60. The first kappa shape index (κ1) is 13.3. The minimum absolute atomic E-state index is 0.560. The maximum absolute atomic E-state index is 5.13. The van der Waals surface area contributed by atoms with E-state index < -0.39 is 0 Å². The van der Waals surface area contributed by atoms with Crippen LogP contribution in [-0.4, -0.2) is 23.6 Å². The molecule has 5 heteroatoms. The van der Waals surface area contributed by atoms with E-state index in [0.29, 0.717) is 11.8 Å². The summed E-state index contributed by atoms with van der Waals surface area (Å²) >= 11 is 3.33. The number of nitrogens with one attached hydrogen (secondary N) is 1. The van der Waals surface area contributed by atoms with Gasteiger partial charge in [0.2, 0.25) is 11.8 Å². The molecule has 0 atom stereocenters. The molecule has 0 fully saturated rings. The van der Waals surface area contributed by atoms with E-state index in [-0.39, 0.29) is 0 Å². The Morgan fingerprint density at radius 2 is 2.33 bits per heavy atom. The highest BCUT2D eigenvalue weighted by molar-refractivity contribution is 9.10. The van der Waals surface area contributed by atoms with Crippen molar-refractivity contribution in [2.24, 2.45) is 0 Å². The van der Waals surface area contributed by atoms with Crippen molar-refractivity contribution in [1.82, 2.24) is 9.97 Å². The summed E-state index contributed by atoms with van der Waals surface area (Å²) in [6.07, 6.45) is 10.3. The molecule has 1 aromatic heterocycles. The van der Waals surface area contributed by atoms with E-state index in [0.717, 1.165) is 17.4 Å². The fourth-order valence-electron chi connectivity index (χ4n) is 2.05. The van der Waals surface area contributed by atoms with E-state index in [2.05, 4.69) is 37.3 Å². The largest absolute Gasteiger partial charge is 0.480 e. The van der Waals surface area contributed by atoms with Crippen LogP contribution in [0.1, 0.15) is 32.1 Å². The third-order valence-corrected chi connectivity index (χ3v) is 3.56. The number of methoxy groups -OCH3 is 1. The normalized spacial score (nSPS) is 15.1. The predicted octanol–water partition coefficient (Wildman–Crippen LogP) is 3.55. The van der Waals surface area contributed by atoms with Crippen molar-refractivity contribution in [3.8, 4) is 5.88 Å². The lowest BCUT2D eigenvalue weighted by atomic mass is 9.97. The van der Waals surface area contributed by atoms with Crippen LogP contribution in [0.25, 0.3) is 0 Å². The zero-order chi connectivity index (χ0) is 12.8. The maximum atomic E-state index is 5.13. The van der Waals surface area contributed by atoms with Gasteiger partial charge in [0.05, 0.1) is 17.8 Å². The summed E-state index contributed by atoms with van der Waals surface area (Å²) in [4.78, 5) is 8.46. The van der Waals surface area contributed by atoms with Crippen molar-refractivity contribution in [3.05, 3.63) is 22.3 Å². The Morgan fingerprint density at radius 1 is 1.44 bits per heavy atom. The van der Waals surface area contributed by atoms with Crippen molar-refractivity contribution in [1.29, 1.82) is 0 Å². The van der Waals surface area contributed by atoms with Crippen molar-refractivity contribution in [2.75, 3.05) is 19.0 Å². The van der Waals surface area contributed by atoms with Crippen molar-refractivity contribution < 1.29 is 4.74 Å². The van der Waals surface area contributed by atoms with E-state index >= 15 is 0 Å². The van der Waals surface area contributed by atoms with Gasteiger partial charge in [-0.25, -0.2) is 4.98 Å². The highest BCUT2D eigenvalue weighted by Gasteiger charge is 2.06. The van der Waals surface area contributed by atoms with Crippen LogP contribution >= 0.6 is 15.9 Å². The van der Waals surface area contributed by atoms with E-state index in [4.69, 9.17) is 4.74 Å². The zero-order valence-electron chi connectivity index (χ0n) is 10.6. The highest BCUT2D eigenvalue weighted by atomic mass is 79.9. The molecule has 0 aliphatic heterocycles. The molecule has 1 heterocycles. The van der Waals surface area contributed by atoms with Gasteiger partial charge < -0.3 is 10.1 Å². The Hall–Kier alpha value is -1.10. The summed E-state index contributed by atoms with van der Waals surface area (Å²) < 4.78 is 5.90. The van der Waals surface area contributed by atoms with Crippen molar-refractivity contribution in [2.45, 2.75) is 32.1 Å². The van der Waals surface area contributed by atoms with Gasteiger partial charge >= 0.3 is 0 Å². The molecule has 1 aliphatic rings. The number of hydrogen-bond acceptors (Lipinski definition) is 4. The third kappa shape index (κ3) is 3.70. The van der Waals surface area contributed by atoms with Gasteiger partial charge in [-0.3, -0.25) is 0 Å². The summed E-state index contributed by atoms with van der Waals surface area (Å²) in [5.41, 5.74) is 1.55. The second kappa shape index (κ2) is 6.73. The summed E-state index contributed by atoms with van der Waals surface area (Å²) in [6.45, 7) is 0.872. The van der Waals surface area contributed by atoms with Gasteiger partial charge in [0.1, 0.15) is 0 Å². The molecule has 0 saturated carbocycles. The van der Waals surface area contributed by atoms with Crippen LogP contribution in [0.15, 0.2) is 22.3 Å². The second-order valence-corrected chi connectivity index (χ2v) is 5.19. The zero-order valence-corrected chi connectivity index (χ0v) is 12.2. The molecule has 0 radical (unpaired) electrons. The first-order chi connectivity index (χ1) is 8.79. The van der Waals surface area contributed by atoms with Gasteiger partial charge in [-0.1, -0.05) is 11.6 Å². The summed E-state index contributed by atoms with van der Waals surface area (Å²) in [5, 5.41) is 3.23. The molecular formula is C13H18BrN3O. The number of hydrogen-bond donors (Lipinski definition) is 1. The highest BCUT2D eigenvalue weighted by Crippen LogP contribution is 2.22. The number of aromatic nitrogens is 2. The Morgan fingerprint density at radius 3 is 3.06 bits per heavy atom. The van der Waals surface area contributed by atoms with Crippen LogP contribution in [0.3, 0.4) is 0 Å². The van der Waals surface area contributed by atoms with Crippen LogP contribution in [0.5, 0.6) is 5.88 Å². The van der Waals surface area contributed by atoms with E-state index in [1.165, 1.54) is 25.7 Å². The Kier molecular flexibility index (Phi) is 4.99. The van der Waals surface area contributed by atoms with Gasteiger partial charge in [-0.2, -0.15) is 4.98 Å². The first-order valence-electron chi connectivity index (χ1n) is 6.28. The average Bonchev–Trinajstić information content (AvgIpc) is 2.42. The number of allylic oxidation sites excluding steroid dienone is 1. The number of anilines is 1. The van der Waals surface area contributed by atoms with E-state index in [9.17, 15) is 0 Å². The molecule has 0 unspecified atom stereocenters. The van der Waals surface area contributed by atoms with Crippen molar-refractivity contribution >= 4 is 21.9 Å². The van der Waals surface area contributed by atoms with Crippen LogP contribution in [0.2, 0.25) is 0 Å². The lowest BCUT2D eigenvalue weighted by Gasteiger charge is -2.13. The molecule has 1 aromatic rings. The topological polar surface area (TPSA) is 47.0 Å². The lowest BCUT2D eigenvalue weighted by Crippen LogP contribution is -2.07. The summed E-state index contributed by atoms with van der Waals surface area (Å²) in [6, 6.07) is 0. The average molecular weight is 312 g/mol. The van der Waals surface area contributed by atoms with Gasteiger partial charge in [0.15, 0.2) is 0 Å². The van der Waals surface area contributed by atoms with Gasteiger partial charge in [0, 0.05) is 6.54 Å². The minimum Gasteiger partial charge on any atom is -0.480 e. The predicted molar refractivity (Wildman–Crippen MR) is 75.9 cm³/mol. The second-order valence-electron chi connectivity index (χ2n) is 4.34. The smallest absolute Gasteiger partial charge is 0.232 e. The van der Waals surface area contributed by atoms with E-state index in [1.807, 2.05) is 0 Å². The molecule has 1 aliphatic carbocycles. The molecule has 98 valence electrons. The molecule has 18 heavy (non-hydrogen) atoms. The van der Waals surface area contributed by atoms with Gasteiger partial charge in [-0.05, 0) is 48.0 Å². The third-order valence-electron chi connectivity index (χ3n) is 3.02. The van der Waals surface area contributed by atoms with Crippen LogP contribution < -0.4 is 10.1 Å². The monoisotopic (exact) mass is 311 g/mol. The minimum atomic E-state index is 0.560. The van der Waals surface area contributed by atoms with E-state index in [1.54, 1.807) is 18.9 Å². The SMILES string of the molecule is COc1nc(NCCC2=CCCCC2)ncc1Br. The Labute approximate surface area is 116 Å². The Balaban J connectivity index is 1.84. The standard InChI is InChI=1S/C13H18BrN3O/c1-18-12-11(14)9-16-13(17-12)15-8-7-10-5-3-2-4-6-10/h5,9H,2-4,6-8H2,1H3,(H,15,16,17). The quantitative estimate of drug-likeness (QED) is 0.845. The Bertz CT molecular complexity index is 434. The molecule has 0 bridgehead atoms. The fourth-order valence-corrected chi connectivity index (χ4v) is 2.40. The first-order valence-corrected chi connectivity index (χ1v) is 7.07.